The van der Waals surface area contributed by atoms with E-state index in [2.05, 4.69) is 5.32 Å². The molecule has 90 valence electrons. The van der Waals surface area contributed by atoms with Gasteiger partial charge in [-0.2, -0.15) is 0 Å². The number of likely N-dealkylation sites (N-methyl/N-ethyl adjacent to an activating group) is 1. The number of hydrogen-bond acceptors (Lipinski definition) is 3. The summed E-state index contributed by atoms with van der Waals surface area (Å²) in [7, 11) is -3.08. The van der Waals surface area contributed by atoms with Crippen molar-refractivity contribution in [2.75, 3.05) is 31.2 Å². The summed E-state index contributed by atoms with van der Waals surface area (Å²) in [5.74, 6) is 0. The largest absolute Gasteiger partial charge is 0.384 e. The average Bonchev–Trinajstić information content (AvgIpc) is 2.24. The molecule has 4 nitrogen and oxygen atoms in total. The molecule has 0 radical (unpaired) electrons. The number of nitrogens with zero attached hydrogens (tertiary/aromatic N) is 1. The van der Waals surface area contributed by atoms with Crippen molar-refractivity contribution in [1.29, 1.82) is 0 Å². The number of para-hydroxylation sites is 1. The molecule has 0 fully saturated rings. The van der Waals surface area contributed by atoms with E-state index in [4.69, 9.17) is 0 Å². The van der Waals surface area contributed by atoms with E-state index in [1.807, 2.05) is 37.3 Å². The summed E-state index contributed by atoms with van der Waals surface area (Å²) in [5, 5.41) is 3.18. The van der Waals surface area contributed by atoms with Crippen molar-refractivity contribution < 1.29 is 8.42 Å². The van der Waals surface area contributed by atoms with Crippen LogP contribution in [0.5, 0.6) is 0 Å². The van der Waals surface area contributed by atoms with E-state index >= 15 is 0 Å². The third kappa shape index (κ3) is 4.20. The van der Waals surface area contributed by atoms with E-state index in [9.17, 15) is 8.42 Å². The fraction of sp³-hybridized carbons (Fsp3) is 0.455. The van der Waals surface area contributed by atoms with E-state index in [1.165, 1.54) is 10.6 Å². The Bertz CT molecular complexity index is 403. The number of nitrogens with one attached hydrogen (secondary N) is 1. The molecule has 0 saturated carbocycles. The van der Waals surface area contributed by atoms with Gasteiger partial charge >= 0.3 is 0 Å². The minimum absolute atomic E-state index is 0.490. The summed E-state index contributed by atoms with van der Waals surface area (Å²) < 4.78 is 24.1. The Hall–Kier alpha value is -1.07. The molecule has 0 atom stereocenters. The number of anilines is 1. The first-order chi connectivity index (χ1) is 7.54. The topological polar surface area (TPSA) is 49.4 Å². The number of sulfonamides is 1. The summed E-state index contributed by atoms with van der Waals surface area (Å²) in [4.78, 5) is 0. The van der Waals surface area contributed by atoms with Crippen LogP contribution < -0.4 is 5.32 Å². The van der Waals surface area contributed by atoms with Gasteiger partial charge in [-0.25, -0.2) is 12.7 Å². The van der Waals surface area contributed by atoms with E-state index in [0.29, 0.717) is 19.6 Å². The Morgan fingerprint density at radius 2 is 1.88 bits per heavy atom. The van der Waals surface area contributed by atoms with Crippen LogP contribution in [0.1, 0.15) is 6.92 Å². The van der Waals surface area contributed by atoms with Gasteiger partial charge in [0.15, 0.2) is 0 Å². The number of benzene rings is 1. The van der Waals surface area contributed by atoms with Gasteiger partial charge < -0.3 is 5.32 Å². The molecular weight excluding hydrogens is 224 g/mol. The molecule has 5 heteroatoms. The van der Waals surface area contributed by atoms with Crippen molar-refractivity contribution in [3.05, 3.63) is 30.3 Å². The van der Waals surface area contributed by atoms with Gasteiger partial charge in [-0.1, -0.05) is 25.1 Å². The standard InChI is InChI=1S/C11H18N2O2S/c1-3-13(16(2,14)15)10-9-12-11-7-5-4-6-8-11/h4-8,12H,3,9-10H2,1-2H3. The van der Waals surface area contributed by atoms with Crippen LogP contribution in [0.4, 0.5) is 5.69 Å². The summed E-state index contributed by atoms with van der Waals surface area (Å²) in [6, 6.07) is 9.74. The highest BCUT2D eigenvalue weighted by Gasteiger charge is 2.12. The van der Waals surface area contributed by atoms with Crippen LogP contribution in [0.15, 0.2) is 30.3 Å². The quantitative estimate of drug-likeness (QED) is 0.820. The molecule has 0 aliphatic rings. The highest BCUT2D eigenvalue weighted by molar-refractivity contribution is 7.88. The Kier molecular flexibility index (Phi) is 4.76. The minimum atomic E-state index is -3.08. The lowest BCUT2D eigenvalue weighted by atomic mass is 10.3. The van der Waals surface area contributed by atoms with Crippen LogP contribution in [0.2, 0.25) is 0 Å². The molecule has 0 bridgehead atoms. The second kappa shape index (κ2) is 5.86. The van der Waals surface area contributed by atoms with Crippen molar-refractivity contribution in [2.24, 2.45) is 0 Å². The smallest absolute Gasteiger partial charge is 0.211 e. The van der Waals surface area contributed by atoms with Crippen LogP contribution in [-0.4, -0.2) is 38.6 Å². The molecule has 0 heterocycles. The molecule has 0 amide bonds. The maximum absolute atomic E-state index is 11.3. The zero-order valence-electron chi connectivity index (χ0n) is 9.68. The molecule has 0 unspecified atom stereocenters. The summed E-state index contributed by atoms with van der Waals surface area (Å²) in [6.07, 6.45) is 1.24. The highest BCUT2D eigenvalue weighted by Crippen LogP contribution is 2.04. The van der Waals surface area contributed by atoms with Crippen molar-refractivity contribution in [2.45, 2.75) is 6.92 Å². The first-order valence-electron chi connectivity index (χ1n) is 5.28. The van der Waals surface area contributed by atoms with Gasteiger partial charge in [-0.3, -0.25) is 0 Å². The Labute approximate surface area is 97.3 Å². The molecule has 1 aromatic carbocycles. The van der Waals surface area contributed by atoms with Crippen molar-refractivity contribution >= 4 is 15.7 Å². The van der Waals surface area contributed by atoms with Crippen LogP contribution in [-0.2, 0) is 10.0 Å². The van der Waals surface area contributed by atoms with Crippen LogP contribution in [0.3, 0.4) is 0 Å². The van der Waals surface area contributed by atoms with Gasteiger partial charge in [-0.15, -0.1) is 0 Å². The van der Waals surface area contributed by atoms with Crippen LogP contribution in [0.25, 0.3) is 0 Å². The van der Waals surface area contributed by atoms with Gasteiger partial charge in [0, 0.05) is 25.3 Å². The maximum Gasteiger partial charge on any atom is 0.211 e. The number of hydrogen-bond donors (Lipinski definition) is 1. The lowest BCUT2D eigenvalue weighted by molar-refractivity contribution is 0.444. The zero-order chi connectivity index (χ0) is 12.0. The molecule has 1 aromatic rings. The lowest BCUT2D eigenvalue weighted by Gasteiger charge is -2.18. The minimum Gasteiger partial charge on any atom is -0.384 e. The third-order valence-electron chi connectivity index (χ3n) is 2.29. The Balaban J connectivity index is 2.41. The monoisotopic (exact) mass is 242 g/mol. The van der Waals surface area contributed by atoms with Gasteiger partial charge in [0.2, 0.25) is 10.0 Å². The van der Waals surface area contributed by atoms with E-state index < -0.39 is 10.0 Å². The average molecular weight is 242 g/mol. The molecule has 0 aliphatic heterocycles. The molecule has 0 spiro atoms. The second-order valence-electron chi connectivity index (χ2n) is 3.55. The summed E-state index contributed by atoms with van der Waals surface area (Å²) in [6.45, 7) is 3.45. The maximum atomic E-state index is 11.3. The molecular formula is C11H18N2O2S. The van der Waals surface area contributed by atoms with Gasteiger partial charge in [0.25, 0.3) is 0 Å². The van der Waals surface area contributed by atoms with Gasteiger partial charge in [0.1, 0.15) is 0 Å². The van der Waals surface area contributed by atoms with Gasteiger partial charge in [0.05, 0.1) is 6.26 Å². The molecule has 0 aromatic heterocycles. The molecule has 0 aliphatic carbocycles. The van der Waals surface area contributed by atoms with Crippen molar-refractivity contribution in [1.82, 2.24) is 4.31 Å². The number of rotatable bonds is 6. The first-order valence-corrected chi connectivity index (χ1v) is 7.13. The normalized spacial score (nSPS) is 11.7. The molecule has 1 rings (SSSR count). The lowest BCUT2D eigenvalue weighted by Crippen LogP contribution is -2.33. The predicted octanol–water partition coefficient (Wildman–Crippen LogP) is 1.38. The van der Waals surface area contributed by atoms with Gasteiger partial charge in [-0.05, 0) is 12.1 Å². The zero-order valence-corrected chi connectivity index (χ0v) is 10.5. The Morgan fingerprint density at radius 3 is 2.38 bits per heavy atom. The fourth-order valence-corrected chi connectivity index (χ4v) is 2.33. The predicted molar refractivity (Wildman–Crippen MR) is 67.0 cm³/mol. The van der Waals surface area contributed by atoms with E-state index in [0.717, 1.165) is 5.69 Å². The SMILES string of the molecule is CCN(CCNc1ccccc1)S(C)(=O)=O. The van der Waals surface area contributed by atoms with E-state index in [1.54, 1.807) is 0 Å². The van der Waals surface area contributed by atoms with Crippen LogP contribution in [0, 0.1) is 0 Å². The summed E-state index contributed by atoms with van der Waals surface area (Å²) >= 11 is 0. The molecule has 1 N–H and O–H groups in total. The van der Waals surface area contributed by atoms with E-state index in [-0.39, 0.29) is 0 Å². The van der Waals surface area contributed by atoms with Crippen molar-refractivity contribution in [3.63, 3.8) is 0 Å². The second-order valence-corrected chi connectivity index (χ2v) is 5.53. The third-order valence-corrected chi connectivity index (χ3v) is 3.66. The highest BCUT2D eigenvalue weighted by atomic mass is 32.2. The summed E-state index contributed by atoms with van der Waals surface area (Å²) in [5.41, 5.74) is 1.01. The van der Waals surface area contributed by atoms with Crippen molar-refractivity contribution in [3.8, 4) is 0 Å². The fourth-order valence-electron chi connectivity index (χ4n) is 1.44. The first kappa shape index (κ1) is 13.0. The molecule has 0 saturated heterocycles. The Morgan fingerprint density at radius 1 is 1.25 bits per heavy atom. The van der Waals surface area contributed by atoms with Crippen LogP contribution >= 0.6 is 0 Å². The molecule has 16 heavy (non-hydrogen) atoms.